The molecule has 0 bridgehead atoms. The summed E-state index contributed by atoms with van der Waals surface area (Å²) < 4.78 is 0. The Labute approximate surface area is 103 Å². The molecule has 2 unspecified atom stereocenters. The van der Waals surface area contributed by atoms with Gasteiger partial charge in [-0.25, -0.2) is 0 Å². The number of hydrogen-bond donors (Lipinski definition) is 1. The van der Waals surface area contributed by atoms with E-state index >= 15 is 0 Å². The highest BCUT2D eigenvalue weighted by Crippen LogP contribution is 2.22. The first-order chi connectivity index (χ1) is 8.04. The van der Waals surface area contributed by atoms with Crippen LogP contribution in [0.1, 0.15) is 27.2 Å². The Morgan fingerprint density at radius 2 is 1.94 bits per heavy atom. The maximum absolute atomic E-state index is 11.4. The van der Waals surface area contributed by atoms with Crippen LogP contribution in [0.4, 0.5) is 0 Å². The fraction of sp³-hybridized carbons (Fsp3) is 0.750. The van der Waals surface area contributed by atoms with Gasteiger partial charge in [-0.05, 0) is 25.8 Å². The molecule has 0 aliphatic carbocycles. The fourth-order valence-electron chi connectivity index (χ4n) is 2.21. The van der Waals surface area contributed by atoms with E-state index in [0.29, 0.717) is 12.5 Å². The van der Waals surface area contributed by atoms with Crippen molar-refractivity contribution in [1.29, 1.82) is 0 Å². The number of amides is 1. The van der Waals surface area contributed by atoms with Gasteiger partial charge in [0.1, 0.15) is 12.6 Å². The predicted molar refractivity (Wildman–Crippen MR) is 65.6 cm³/mol. The van der Waals surface area contributed by atoms with Crippen molar-refractivity contribution in [3.63, 3.8) is 0 Å². The number of likely N-dealkylation sites (N-methyl/N-ethyl adjacent to an activating group) is 1. The van der Waals surface area contributed by atoms with E-state index in [0.717, 1.165) is 19.5 Å². The summed E-state index contributed by atoms with van der Waals surface area (Å²) in [5, 5.41) is 2.81. The number of ketones is 1. The normalized spacial score (nSPS) is 23.7. The predicted octanol–water partition coefficient (Wildman–Crippen LogP) is 0.237. The third-order valence-electron chi connectivity index (χ3n) is 3.01. The summed E-state index contributed by atoms with van der Waals surface area (Å²) in [6, 6.07) is 0.0637. The van der Waals surface area contributed by atoms with Crippen LogP contribution in [-0.4, -0.2) is 49.1 Å². The first kappa shape index (κ1) is 15.8. The van der Waals surface area contributed by atoms with Gasteiger partial charge in [0, 0.05) is 20.0 Å². The maximum Gasteiger partial charge on any atom is 0.216 e. The molecular weight excluding hydrogens is 220 g/mol. The second-order valence-corrected chi connectivity index (χ2v) is 4.25. The lowest BCUT2D eigenvalue weighted by atomic mass is 10.0. The smallest absolute Gasteiger partial charge is 0.216 e. The molecule has 17 heavy (non-hydrogen) atoms. The molecule has 98 valence electrons. The number of hydrogen-bond acceptors (Lipinski definition) is 4. The van der Waals surface area contributed by atoms with Crippen molar-refractivity contribution in [1.82, 2.24) is 10.2 Å². The van der Waals surface area contributed by atoms with Crippen molar-refractivity contribution in [2.75, 3.05) is 19.6 Å². The van der Waals surface area contributed by atoms with Crippen molar-refractivity contribution in [2.45, 2.75) is 33.2 Å². The summed E-state index contributed by atoms with van der Waals surface area (Å²) in [5.74, 6) is 0.661. The second-order valence-electron chi connectivity index (χ2n) is 4.25. The van der Waals surface area contributed by atoms with Crippen molar-refractivity contribution in [2.24, 2.45) is 5.92 Å². The van der Waals surface area contributed by atoms with Crippen LogP contribution < -0.4 is 5.32 Å². The summed E-state index contributed by atoms with van der Waals surface area (Å²) in [7, 11) is 0. The third kappa shape index (κ3) is 5.08. The molecule has 1 aliphatic heterocycles. The molecule has 1 saturated heterocycles. The SMILES string of the molecule is C=O.CCN1CC(CNC(C)=O)CC1C(C)=O. The molecule has 0 aromatic rings. The fourth-order valence-corrected chi connectivity index (χ4v) is 2.21. The van der Waals surface area contributed by atoms with Gasteiger partial charge in [0.25, 0.3) is 0 Å². The number of nitrogens with zero attached hydrogens (tertiary/aromatic N) is 1. The van der Waals surface area contributed by atoms with E-state index in [1.165, 1.54) is 6.92 Å². The van der Waals surface area contributed by atoms with Crippen LogP contribution in [0.25, 0.3) is 0 Å². The zero-order valence-electron chi connectivity index (χ0n) is 10.9. The molecule has 1 aliphatic rings. The van der Waals surface area contributed by atoms with Crippen LogP contribution in [0.2, 0.25) is 0 Å². The Balaban J connectivity index is 0.00000121. The largest absolute Gasteiger partial charge is 0.356 e. The molecule has 1 rings (SSSR count). The molecule has 1 heterocycles. The van der Waals surface area contributed by atoms with Crippen LogP contribution in [0.15, 0.2) is 0 Å². The number of nitrogens with one attached hydrogen (secondary N) is 1. The first-order valence-electron chi connectivity index (χ1n) is 5.82. The minimum atomic E-state index is 0.00400. The highest BCUT2D eigenvalue weighted by atomic mass is 16.1. The van der Waals surface area contributed by atoms with Crippen molar-refractivity contribution in [3.05, 3.63) is 0 Å². The van der Waals surface area contributed by atoms with Gasteiger partial charge in [0.2, 0.25) is 5.91 Å². The van der Waals surface area contributed by atoms with Crippen LogP contribution in [0, 0.1) is 5.92 Å². The lowest BCUT2D eigenvalue weighted by Crippen LogP contribution is -2.34. The Morgan fingerprint density at radius 1 is 1.35 bits per heavy atom. The van der Waals surface area contributed by atoms with Crippen LogP contribution >= 0.6 is 0 Å². The number of likely N-dealkylation sites (tertiary alicyclic amines) is 1. The summed E-state index contributed by atoms with van der Waals surface area (Å²) in [6.45, 7) is 9.75. The van der Waals surface area contributed by atoms with Crippen LogP contribution in [0.5, 0.6) is 0 Å². The standard InChI is InChI=1S/C11H20N2O2.CH2O/c1-4-13-7-10(6-12-9(3)15)5-11(13)8(2)14;1-2/h10-11H,4-7H2,1-3H3,(H,12,15);1H2. The van der Waals surface area contributed by atoms with Gasteiger partial charge in [-0.2, -0.15) is 0 Å². The molecule has 0 radical (unpaired) electrons. The van der Waals surface area contributed by atoms with E-state index in [1.807, 2.05) is 6.79 Å². The third-order valence-corrected chi connectivity index (χ3v) is 3.01. The number of carbonyl (C=O) groups excluding carboxylic acids is 3. The maximum atomic E-state index is 11.4. The monoisotopic (exact) mass is 242 g/mol. The average Bonchev–Trinajstić information content (AvgIpc) is 2.72. The molecule has 1 amide bonds. The molecule has 0 aromatic heterocycles. The molecule has 1 N–H and O–H groups in total. The van der Waals surface area contributed by atoms with Crippen LogP contribution in [-0.2, 0) is 14.4 Å². The second kappa shape index (κ2) is 7.95. The molecule has 0 spiro atoms. The molecule has 0 aromatic carbocycles. The minimum absolute atomic E-state index is 0.00400. The van der Waals surface area contributed by atoms with Gasteiger partial charge in [-0.1, -0.05) is 6.92 Å². The zero-order valence-corrected chi connectivity index (χ0v) is 10.9. The van der Waals surface area contributed by atoms with E-state index < -0.39 is 0 Å². The number of carbonyl (C=O) groups is 3. The van der Waals surface area contributed by atoms with Gasteiger partial charge < -0.3 is 10.1 Å². The summed E-state index contributed by atoms with van der Waals surface area (Å²) in [5.41, 5.74) is 0. The average molecular weight is 242 g/mol. The van der Waals surface area contributed by atoms with Gasteiger partial charge in [0.05, 0.1) is 6.04 Å². The summed E-state index contributed by atoms with van der Waals surface area (Å²) in [6.07, 6.45) is 0.878. The number of Topliss-reactive ketones (excluding diaryl/α,β-unsaturated/α-hetero) is 1. The lowest BCUT2D eigenvalue weighted by Gasteiger charge is -2.19. The molecule has 5 nitrogen and oxygen atoms in total. The Kier molecular flexibility index (Phi) is 7.37. The highest BCUT2D eigenvalue weighted by Gasteiger charge is 2.33. The molecule has 2 atom stereocenters. The van der Waals surface area contributed by atoms with Gasteiger partial charge in [-0.15, -0.1) is 0 Å². The van der Waals surface area contributed by atoms with E-state index in [4.69, 9.17) is 4.79 Å². The first-order valence-corrected chi connectivity index (χ1v) is 5.82. The zero-order chi connectivity index (χ0) is 13.4. The minimum Gasteiger partial charge on any atom is -0.356 e. The topological polar surface area (TPSA) is 66.5 Å². The highest BCUT2D eigenvalue weighted by molar-refractivity contribution is 5.81. The van der Waals surface area contributed by atoms with Crippen molar-refractivity contribution in [3.8, 4) is 0 Å². The van der Waals surface area contributed by atoms with E-state index in [-0.39, 0.29) is 17.7 Å². The lowest BCUT2D eigenvalue weighted by molar-refractivity contribution is -0.121. The number of rotatable bonds is 4. The Bertz CT molecular complexity index is 268. The molecule has 1 fully saturated rings. The summed E-state index contributed by atoms with van der Waals surface area (Å²) >= 11 is 0. The quantitative estimate of drug-likeness (QED) is 0.766. The van der Waals surface area contributed by atoms with E-state index in [1.54, 1.807) is 6.92 Å². The Hall–Kier alpha value is -1.23. The van der Waals surface area contributed by atoms with Crippen LogP contribution in [0.3, 0.4) is 0 Å². The Morgan fingerprint density at radius 3 is 2.29 bits per heavy atom. The molecular formula is C12H22N2O3. The molecule has 5 heteroatoms. The van der Waals surface area contributed by atoms with Gasteiger partial charge in [-0.3, -0.25) is 14.5 Å². The van der Waals surface area contributed by atoms with Gasteiger partial charge in [0.15, 0.2) is 0 Å². The van der Waals surface area contributed by atoms with Crippen molar-refractivity contribution >= 4 is 18.5 Å². The van der Waals surface area contributed by atoms with Gasteiger partial charge >= 0.3 is 0 Å². The molecule has 0 saturated carbocycles. The summed E-state index contributed by atoms with van der Waals surface area (Å²) in [4.78, 5) is 32.3. The van der Waals surface area contributed by atoms with Crippen molar-refractivity contribution < 1.29 is 14.4 Å². The van der Waals surface area contributed by atoms with E-state index in [9.17, 15) is 9.59 Å². The van der Waals surface area contributed by atoms with E-state index in [2.05, 4.69) is 17.1 Å².